The van der Waals surface area contributed by atoms with Gasteiger partial charge in [0.1, 0.15) is 11.5 Å². The van der Waals surface area contributed by atoms with Crippen molar-refractivity contribution in [1.82, 2.24) is 4.57 Å². The van der Waals surface area contributed by atoms with Crippen LogP contribution < -0.4 is 9.47 Å². The summed E-state index contributed by atoms with van der Waals surface area (Å²) >= 11 is 6.13. The highest BCUT2D eigenvalue weighted by molar-refractivity contribution is 6.32. The molecule has 120 valence electrons. The number of aromatic hydroxyl groups is 2. The molecule has 2 N–H and O–H groups in total. The van der Waals surface area contributed by atoms with E-state index < -0.39 is 0 Å². The summed E-state index contributed by atoms with van der Waals surface area (Å²) in [4.78, 5) is 0. The van der Waals surface area contributed by atoms with Crippen LogP contribution in [0, 0.1) is 0 Å². The van der Waals surface area contributed by atoms with E-state index in [-0.39, 0.29) is 23.6 Å². The van der Waals surface area contributed by atoms with Crippen LogP contribution in [-0.2, 0) is 0 Å². The maximum atomic E-state index is 10.7. The lowest BCUT2D eigenvalue weighted by atomic mass is 10.0. The van der Waals surface area contributed by atoms with Crippen molar-refractivity contribution in [3.63, 3.8) is 0 Å². The van der Waals surface area contributed by atoms with E-state index in [1.54, 1.807) is 12.1 Å². The van der Waals surface area contributed by atoms with E-state index in [4.69, 9.17) is 21.1 Å². The number of halogens is 1. The number of methoxy groups -OCH3 is 2. The van der Waals surface area contributed by atoms with E-state index in [9.17, 15) is 10.2 Å². The van der Waals surface area contributed by atoms with Crippen molar-refractivity contribution < 1.29 is 19.7 Å². The summed E-state index contributed by atoms with van der Waals surface area (Å²) < 4.78 is 12.0. The minimum Gasteiger partial charge on any atom is -0.495 e. The average molecular weight is 334 g/mol. The van der Waals surface area contributed by atoms with E-state index in [1.807, 2.05) is 0 Å². The van der Waals surface area contributed by atoms with Crippen LogP contribution in [0.4, 0.5) is 0 Å². The number of ether oxygens (including phenoxy) is 2. The van der Waals surface area contributed by atoms with Crippen molar-refractivity contribution >= 4 is 11.6 Å². The zero-order valence-electron chi connectivity index (χ0n) is 12.7. The summed E-state index contributed by atoms with van der Waals surface area (Å²) in [5.41, 5.74) is 2.08. The molecule has 2 bridgehead atoms. The topological polar surface area (TPSA) is 63.9 Å². The molecule has 2 aliphatic carbocycles. The van der Waals surface area contributed by atoms with E-state index >= 15 is 0 Å². The molecule has 2 atom stereocenters. The van der Waals surface area contributed by atoms with Crippen LogP contribution in [0.15, 0.2) is 24.3 Å². The van der Waals surface area contributed by atoms with Crippen molar-refractivity contribution in [3.8, 4) is 28.9 Å². The normalized spacial score (nSPS) is 20.8. The Kier molecular flexibility index (Phi) is 3.03. The van der Waals surface area contributed by atoms with Gasteiger partial charge in [-0.05, 0) is 6.42 Å². The van der Waals surface area contributed by atoms with Crippen LogP contribution in [0.1, 0.15) is 29.4 Å². The smallest absolute Gasteiger partial charge is 0.202 e. The Hall–Kier alpha value is -2.27. The molecule has 2 unspecified atom stereocenters. The number of allylic oxidation sites excluding steroid dienone is 2. The van der Waals surface area contributed by atoms with Crippen LogP contribution in [-0.4, -0.2) is 29.0 Å². The first-order valence-electron chi connectivity index (χ1n) is 7.33. The molecule has 4 rings (SSSR count). The van der Waals surface area contributed by atoms with E-state index in [1.165, 1.54) is 18.8 Å². The first kappa shape index (κ1) is 14.3. The van der Waals surface area contributed by atoms with Gasteiger partial charge in [-0.3, -0.25) is 0 Å². The summed E-state index contributed by atoms with van der Waals surface area (Å²) in [6.07, 6.45) is 5.07. The van der Waals surface area contributed by atoms with Crippen molar-refractivity contribution in [2.24, 2.45) is 0 Å². The van der Waals surface area contributed by atoms with Gasteiger partial charge in [0.25, 0.3) is 0 Å². The molecule has 2 aliphatic rings. The largest absolute Gasteiger partial charge is 0.495 e. The first-order valence-corrected chi connectivity index (χ1v) is 7.71. The zero-order valence-corrected chi connectivity index (χ0v) is 13.5. The van der Waals surface area contributed by atoms with Gasteiger partial charge in [0.05, 0.1) is 24.9 Å². The Morgan fingerprint density at radius 1 is 1.00 bits per heavy atom. The molecule has 1 aromatic heterocycles. The van der Waals surface area contributed by atoms with Gasteiger partial charge in [-0.25, -0.2) is 4.57 Å². The fourth-order valence-corrected chi connectivity index (χ4v) is 3.92. The van der Waals surface area contributed by atoms with Crippen molar-refractivity contribution in [3.05, 3.63) is 40.4 Å². The summed E-state index contributed by atoms with van der Waals surface area (Å²) in [6.45, 7) is 0. The predicted octanol–water partition coefficient (Wildman–Crippen LogP) is 3.70. The quantitative estimate of drug-likeness (QED) is 0.841. The second-order valence-corrected chi connectivity index (χ2v) is 6.21. The summed E-state index contributed by atoms with van der Waals surface area (Å²) in [7, 11) is 3.02. The SMILES string of the molecule is COc1cc(-n2c(O)c3c(c2O)C2C=CC3C2)c(OC)cc1Cl. The highest BCUT2D eigenvalue weighted by Gasteiger charge is 2.41. The average Bonchev–Trinajstić information content (AvgIpc) is 3.22. The first-order chi connectivity index (χ1) is 11.1. The highest BCUT2D eigenvalue weighted by atomic mass is 35.5. The summed E-state index contributed by atoms with van der Waals surface area (Å²) in [5.74, 6) is 1.27. The molecule has 0 aliphatic heterocycles. The van der Waals surface area contributed by atoms with Gasteiger partial charge in [-0.1, -0.05) is 23.8 Å². The van der Waals surface area contributed by atoms with Gasteiger partial charge in [-0.15, -0.1) is 0 Å². The molecule has 1 heterocycles. The maximum absolute atomic E-state index is 10.7. The minimum atomic E-state index is 0.0389. The fraction of sp³-hybridized carbons (Fsp3) is 0.294. The third-order valence-electron chi connectivity index (χ3n) is 4.71. The monoisotopic (exact) mass is 333 g/mol. The zero-order chi connectivity index (χ0) is 16.3. The Labute approximate surface area is 138 Å². The number of fused-ring (bicyclic) bond motifs is 5. The van der Waals surface area contributed by atoms with Crippen LogP contribution in [0.25, 0.3) is 5.69 Å². The number of rotatable bonds is 3. The van der Waals surface area contributed by atoms with Crippen LogP contribution in [0.5, 0.6) is 23.3 Å². The number of aromatic nitrogens is 1. The molecular formula is C17H16ClNO4. The Bertz CT molecular complexity index is 804. The molecular weight excluding hydrogens is 318 g/mol. The van der Waals surface area contributed by atoms with Crippen LogP contribution in [0.3, 0.4) is 0 Å². The second-order valence-electron chi connectivity index (χ2n) is 5.80. The number of hydrogen-bond donors (Lipinski definition) is 2. The fourth-order valence-electron chi connectivity index (χ4n) is 3.69. The lowest BCUT2D eigenvalue weighted by Crippen LogP contribution is -2.00. The maximum Gasteiger partial charge on any atom is 0.202 e. The lowest BCUT2D eigenvalue weighted by molar-refractivity contribution is 0.378. The molecule has 23 heavy (non-hydrogen) atoms. The Morgan fingerprint density at radius 3 is 2.09 bits per heavy atom. The standard InChI is InChI=1S/C17H16ClNO4/c1-22-12-7-11(13(23-2)6-10(12)18)19-16(20)14-8-3-4-9(5-8)15(14)17(19)21/h3-4,6-9,20-21H,5H2,1-2H3. The van der Waals surface area contributed by atoms with Gasteiger partial charge in [0.2, 0.25) is 11.8 Å². The van der Waals surface area contributed by atoms with E-state index in [0.29, 0.717) is 22.2 Å². The molecule has 0 saturated heterocycles. The summed E-state index contributed by atoms with van der Waals surface area (Å²) in [6, 6.07) is 3.25. The van der Waals surface area contributed by atoms with Gasteiger partial charge in [0.15, 0.2) is 0 Å². The van der Waals surface area contributed by atoms with E-state index in [2.05, 4.69) is 12.2 Å². The lowest BCUT2D eigenvalue weighted by Gasteiger charge is -2.15. The molecule has 0 amide bonds. The number of nitrogens with zero attached hydrogens (tertiary/aromatic N) is 1. The highest BCUT2D eigenvalue weighted by Crippen LogP contribution is 2.57. The molecule has 2 aromatic rings. The third kappa shape index (κ3) is 1.80. The van der Waals surface area contributed by atoms with Gasteiger partial charge in [0, 0.05) is 35.1 Å². The van der Waals surface area contributed by atoms with Crippen LogP contribution in [0.2, 0.25) is 5.02 Å². The minimum absolute atomic E-state index is 0.0389. The van der Waals surface area contributed by atoms with Crippen molar-refractivity contribution in [2.45, 2.75) is 18.3 Å². The molecule has 0 fully saturated rings. The van der Waals surface area contributed by atoms with Gasteiger partial charge >= 0.3 is 0 Å². The molecule has 0 radical (unpaired) electrons. The molecule has 6 heteroatoms. The summed E-state index contributed by atoms with van der Waals surface area (Å²) in [5, 5.41) is 21.8. The number of hydrogen-bond acceptors (Lipinski definition) is 4. The molecule has 5 nitrogen and oxygen atoms in total. The predicted molar refractivity (Wildman–Crippen MR) is 86.5 cm³/mol. The third-order valence-corrected chi connectivity index (χ3v) is 5.01. The molecule has 0 spiro atoms. The van der Waals surface area contributed by atoms with Gasteiger partial charge < -0.3 is 19.7 Å². The van der Waals surface area contributed by atoms with Crippen molar-refractivity contribution in [2.75, 3.05) is 14.2 Å². The van der Waals surface area contributed by atoms with Crippen molar-refractivity contribution in [1.29, 1.82) is 0 Å². The molecule has 0 saturated carbocycles. The van der Waals surface area contributed by atoms with Gasteiger partial charge in [-0.2, -0.15) is 0 Å². The molecule has 1 aromatic carbocycles. The van der Waals surface area contributed by atoms with Crippen LogP contribution >= 0.6 is 11.6 Å². The van der Waals surface area contributed by atoms with E-state index in [0.717, 1.165) is 17.5 Å². The Balaban J connectivity index is 1.97. The second kappa shape index (κ2) is 4.86. The Morgan fingerprint density at radius 2 is 1.57 bits per heavy atom. The number of benzene rings is 1.